The van der Waals surface area contributed by atoms with E-state index in [1.165, 1.54) is 4.88 Å². The lowest BCUT2D eigenvalue weighted by molar-refractivity contribution is 0.457. The van der Waals surface area contributed by atoms with Crippen LogP contribution >= 0.6 is 11.3 Å². The van der Waals surface area contributed by atoms with Crippen LogP contribution in [0, 0.1) is 16.7 Å². The molecule has 4 heteroatoms. The van der Waals surface area contributed by atoms with Gasteiger partial charge in [-0.25, -0.2) is 4.98 Å². The van der Waals surface area contributed by atoms with E-state index in [-0.39, 0.29) is 0 Å². The van der Waals surface area contributed by atoms with Crippen molar-refractivity contribution >= 4 is 16.5 Å². The molecule has 114 valence electrons. The number of nitrogens with one attached hydrogen (secondary N) is 1. The Labute approximate surface area is 127 Å². The minimum absolute atomic E-state index is 0.472. The second kappa shape index (κ2) is 5.64. The fourth-order valence-corrected chi connectivity index (χ4v) is 4.21. The molecular weight excluding hydrogens is 266 g/mol. The van der Waals surface area contributed by atoms with Gasteiger partial charge in [0.05, 0.1) is 0 Å². The first-order valence-corrected chi connectivity index (χ1v) is 8.56. The van der Waals surface area contributed by atoms with E-state index in [9.17, 15) is 0 Å². The normalized spacial score (nSPS) is 20.1. The summed E-state index contributed by atoms with van der Waals surface area (Å²) in [7, 11) is 0. The summed E-state index contributed by atoms with van der Waals surface area (Å²) in [5.41, 5.74) is 0.945. The van der Waals surface area contributed by atoms with Crippen molar-refractivity contribution in [3.63, 3.8) is 0 Å². The average molecular weight is 295 g/mol. The molecule has 0 spiro atoms. The van der Waals surface area contributed by atoms with Crippen LogP contribution in [0.15, 0.2) is 6.20 Å². The standard InChI is InChI=1S/C16H29N3S/c1-7-19(8-2)14-18-10-12(20-14)9-17-11-13-15(3,4)16(13,5)6/h10,13,17H,7-9,11H2,1-6H3. The topological polar surface area (TPSA) is 28.2 Å². The molecule has 1 heterocycles. The average Bonchev–Trinajstić information content (AvgIpc) is 2.75. The maximum absolute atomic E-state index is 4.53. The second-order valence-corrected chi connectivity index (χ2v) is 8.00. The monoisotopic (exact) mass is 295 g/mol. The molecule has 1 saturated carbocycles. The van der Waals surface area contributed by atoms with E-state index in [1.807, 2.05) is 17.5 Å². The first-order valence-electron chi connectivity index (χ1n) is 7.75. The van der Waals surface area contributed by atoms with E-state index in [2.05, 4.69) is 56.7 Å². The lowest BCUT2D eigenvalue weighted by atomic mass is 10.0. The number of aromatic nitrogens is 1. The van der Waals surface area contributed by atoms with Gasteiger partial charge in [-0.3, -0.25) is 0 Å². The maximum atomic E-state index is 4.53. The van der Waals surface area contributed by atoms with E-state index in [0.717, 1.165) is 37.2 Å². The fourth-order valence-electron chi connectivity index (χ4n) is 3.20. The lowest BCUT2D eigenvalue weighted by Crippen LogP contribution is -2.21. The van der Waals surface area contributed by atoms with Gasteiger partial charge in [-0.2, -0.15) is 0 Å². The molecule has 0 aromatic carbocycles. The third-order valence-corrected chi connectivity index (χ3v) is 6.60. The first-order chi connectivity index (χ1) is 9.34. The summed E-state index contributed by atoms with van der Waals surface area (Å²) in [4.78, 5) is 8.18. The summed E-state index contributed by atoms with van der Waals surface area (Å²) >= 11 is 1.81. The molecule has 20 heavy (non-hydrogen) atoms. The van der Waals surface area contributed by atoms with E-state index < -0.39 is 0 Å². The quantitative estimate of drug-likeness (QED) is 0.830. The van der Waals surface area contributed by atoms with Crippen molar-refractivity contribution in [2.75, 3.05) is 24.5 Å². The highest BCUT2D eigenvalue weighted by Crippen LogP contribution is 2.67. The van der Waals surface area contributed by atoms with Crippen LogP contribution in [0.2, 0.25) is 0 Å². The minimum atomic E-state index is 0.472. The highest BCUT2D eigenvalue weighted by atomic mass is 32.1. The Morgan fingerprint density at radius 1 is 1.20 bits per heavy atom. The Morgan fingerprint density at radius 3 is 2.30 bits per heavy atom. The Kier molecular flexibility index (Phi) is 4.45. The fraction of sp³-hybridized carbons (Fsp3) is 0.812. The second-order valence-electron chi connectivity index (χ2n) is 6.91. The maximum Gasteiger partial charge on any atom is 0.185 e. The number of anilines is 1. The van der Waals surface area contributed by atoms with Crippen molar-refractivity contribution in [2.24, 2.45) is 16.7 Å². The van der Waals surface area contributed by atoms with E-state index >= 15 is 0 Å². The van der Waals surface area contributed by atoms with Crippen LogP contribution < -0.4 is 10.2 Å². The summed E-state index contributed by atoms with van der Waals surface area (Å²) in [6.45, 7) is 18.0. The molecule has 0 bridgehead atoms. The van der Waals surface area contributed by atoms with Gasteiger partial charge in [0.25, 0.3) is 0 Å². The van der Waals surface area contributed by atoms with Crippen molar-refractivity contribution in [1.82, 2.24) is 10.3 Å². The van der Waals surface area contributed by atoms with Crippen molar-refractivity contribution < 1.29 is 0 Å². The van der Waals surface area contributed by atoms with E-state index in [4.69, 9.17) is 0 Å². The number of thiazole rings is 1. The SMILES string of the molecule is CCN(CC)c1ncc(CNCC2C(C)(C)C2(C)C)s1. The van der Waals surface area contributed by atoms with E-state index in [0.29, 0.717) is 10.8 Å². The molecule has 1 N–H and O–H groups in total. The van der Waals surface area contributed by atoms with Gasteiger partial charge in [-0.15, -0.1) is 11.3 Å². The smallest absolute Gasteiger partial charge is 0.185 e. The zero-order chi connectivity index (χ0) is 15.0. The molecule has 0 aliphatic heterocycles. The molecule has 1 fully saturated rings. The van der Waals surface area contributed by atoms with Gasteiger partial charge in [0, 0.05) is 30.7 Å². The van der Waals surface area contributed by atoms with Crippen LogP contribution in [0.1, 0.15) is 46.4 Å². The van der Waals surface area contributed by atoms with Gasteiger partial charge in [0.15, 0.2) is 5.13 Å². The van der Waals surface area contributed by atoms with Crippen LogP contribution in [0.3, 0.4) is 0 Å². The van der Waals surface area contributed by atoms with Crippen molar-refractivity contribution in [3.8, 4) is 0 Å². The third kappa shape index (κ3) is 2.73. The van der Waals surface area contributed by atoms with Gasteiger partial charge >= 0.3 is 0 Å². The summed E-state index contributed by atoms with van der Waals surface area (Å²) in [5, 5.41) is 4.77. The summed E-state index contributed by atoms with van der Waals surface area (Å²) in [6, 6.07) is 0. The molecule has 0 saturated heterocycles. The Morgan fingerprint density at radius 2 is 1.80 bits per heavy atom. The molecule has 1 aliphatic rings. The zero-order valence-electron chi connectivity index (χ0n) is 13.8. The molecular formula is C16H29N3S. The molecule has 3 nitrogen and oxygen atoms in total. The first kappa shape index (κ1) is 15.8. The van der Waals surface area contributed by atoms with Crippen LogP contribution in [0.25, 0.3) is 0 Å². The number of nitrogens with zero attached hydrogens (tertiary/aromatic N) is 2. The molecule has 0 unspecified atom stereocenters. The molecule has 2 rings (SSSR count). The molecule has 0 radical (unpaired) electrons. The summed E-state index contributed by atoms with van der Waals surface area (Å²) < 4.78 is 0. The molecule has 0 amide bonds. The van der Waals surface area contributed by atoms with Crippen molar-refractivity contribution in [3.05, 3.63) is 11.1 Å². The highest BCUT2D eigenvalue weighted by molar-refractivity contribution is 7.15. The summed E-state index contributed by atoms with van der Waals surface area (Å²) in [6.07, 6.45) is 2.02. The van der Waals surface area contributed by atoms with Gasteiger partial charge < -0.3 is 10.2 Å². The predicted octanol–water partition coefficient (Wildman–Crippen LogP) is 3.76. The number of hydrogen-bond acceptors (Lipinski definition) is 4. The Bertz CT molecular complexity index is 432. The number of rotatable bonds is 7. The van der Waals surface area contributed by atoms with Gasteiger partial charge in [-0.05, 0) is 37.1 Å². The van der Waals surface area contributed by atoms with Crippen LogP contribution in [-0.2, 0) is 6.54 Å². The lowest BCUT2D eigenvalue weighted by Gasteiger charge is -2.16. The van der Waals surface area contributed by atoms with Gasteiger partial charge in [-0.1, -0.05) is 27.7 Å². The largest absolute Gasteiger partial charge is 0.349 e. The van der Waals surface area contributed by atoms with Crippen LogP contribution in [0.4, 0.5) is 5.13 Å². The molecule has 1 aromatic rings. The predicted molar refractivity (Wildman–Crippen MR) is 88.4 cm³/mol. The van der Waals surface area contributed by atoms with E-state index in [1.54, 1.807) is 0 Å². The molecule has 1 aromatic heterocycles. The third-order valence-electron chi connectivity index (χ3n) is 5.54. The van der Waals surface area contributed by atoms with Crippen LogP contribution in [-0.4, -0.2) is 24.6 Å². The van der Waals surface area contributed by atoms with Crippen molar-refractivity contribution in [2.45, 2.75) is 48.1 Å². The molecule has 0 atom stereocenters. The van der Waals surface area contributed by atoms with Crippen LogP contribution in [0.5, 0.6) is 0 Å². The molecule has 1 aliphatic carbocycles. The zero-order valence-corrected chi connectivity index (χ0v) is 14.6. The van der Waals surface area contributed by atoms with Gasteiger partial charge in [0.1, 0.15) is 0 Å². The highest BCUT2D eigenvalue weighted by Gasteiger charge is 2.63. The Balaban J connectivity index is 1.81. The minimum Gasteiger partial charge on any atom is -0.349 e. The summed E-state index contributed by atoms with van der Waals surface area (Å²) in [5.74, 6) is 0.783. The van der Waals surface area contributed by atoms with Gasteiger partial charge in [0.2, 0.25) is 0 Å². The Hall–Kier alpha value is -0.610. The van der Waals surface area contributed by atoms with Crippen molar-refractivity contribution in [1.29, 1.82) is 0 Å². The number of hydrogen-bond donors (Lipinski definition) is 1.